The van der Waals surface area contributed by atoms with Gasteiger partial charge in [0.1, 0.15) is 5.82 Å². The van der Waals surface area contributed by atoms with Gasteiger partial charge >= 0.3 is 0 Å². The normalized spacial score (nSPS) is 13.7. The van der Waals surface area contributed by atoms with Gasteiger partial charge in [-0.1, -0.05) is 17.7 Å². The van der Waals surface area contributed by atoms with E-state index in [0.29, 0.717) is 27.9 Å². The Labute approximate surface area is 214 Å². The van der Waals surface area contributed by atoms with E-state index < -0.39 is 15.6 Å². The Morgan fingerprint density at radius 2 is 1.83 bits per heavy atom. The molecule has 3 aromatic carbocycles. The molecule has 0 spiro atoms. The fraction of sp³-hybridized carbons (Fsp3) is 0.185. The molecule has 0 amide bonds. The molecule has 182 valence electrons. The fourth-order valence-corrected chi connectivity index (χ4v) is 6.87. The number of imidazole rings is 1. The molecule has 5 rings (SSSR count). The minimum Gasteiger partial charge on any atom is -0.340 e. The van der Waals surface area contributed by atoms with Crippen molar-refractivity contribution in [3.05, 3.63) is 88.9 Å². The van der Waals surface area contributed by atoms with Crippen molar-refractivity contribution in [1.82, 2.24) is 13.9 Å². The molecule has 5 aromatic rings. The number of aromatic nitrogens is 3. The summed E-state index contributed by atoms with van der Waals surface area (Å²) in [6.45, 7) is 5.69. The minimum atomic E-state index is -3.82. The van der Waals surface area contributed by atoms with Crippen LogP contribution in [0.2, 0.25) is 0 Å². The average molecular weight is 516 g/mol. The monoisotopic (exact) mass is 515 g/mol. The zero-order valence-electron chi connectivity index (χ0n) is 20.3. The van der Waals surface area contributed by atoms with Crippen LogP contribution in [-0.2, 0) is 15.6 Å². The van der Waals surface area contributed by atoms with Crippen LogP contribution < -0.4 is 5.73 Å². The smallest absolute Gasteiger partial charge is 0.268 e. The molecule has 1 unspecified atom stereocenters. The van der Waals surface area contributed by atoms with E-state index in [2.05, 4.69) is 11.1 Å². The minimum absolute atomic E-state index is 0.224. The summed E-state index contributed by atoms with van der Waals surface area (Å²) in [5.74, 6) is 0.530. The highest BCUT2D eigenvalue weighted by Crippen LogP contribution is 2.41. The molecule has 7 nitrogen and oxygen atoms in total. The van der Waals surface area contributed by atoms with E-state index in [-0.39, 0.29) is 4.90 Å². The van der Waals surface area contributed by atoms with Gasteiger partial charge in [-0.3, -0.25) is 0 Å². The van der Waals surface area contributed by atoms with Crippen LogP contribution in [0.5, 0.6) is 0 Å². The topological polar surface area (TPSA) is 118 Å². The lowest BCUT2D eigenvalue weighted by Gasteiger charge is -2.27. The van der Waals surface area contributed by atoms with Crippen molar-refractivity contribution in [3.8, 4) is 6.07 Å². The number of nitrogens with zero attached hydrogens (tertiary/aromatic N) is 3. The lowest BCUT2D eigenvalue weighted by atomic mass is 9.88. The number of fused-ring (bicyclic) bond motifs is 2. The number of aromatic amines is 1. The summed E-state index contributed by atoms with van der Waals surface area (Å²) in [6.07, 6.45) is 3.56. The Morgan fingerprint density at radius 3 is 2.50 bits per heavy atom. The zero-order chi connectivity index (χ0) is 25.8. The zero-order valence-corrected chi connectivity index (χ0v) is 22.0. The SMILES string of the molecule is CSc1cc(C)c2c(ccn2S(=O)(=O)c2ccc(C)cc2)c1C(C)(N)c1nc2ccc(C#N)cc2[nH]1. The van der Waals surface area contributed by atoms with Gasteiger partial charge in [-0.15, -0.1) is 11.8 Å². The maximum Gasteiger partial charge on any atom is 0.268 e. The van der Waals surface area contributed by atoms with Crippen LogP contribution in [-0.4, -0.2) is 28.6 Å². The number of H-pyrrole nitrogens is 1. The number of nitrogens with one attached hydrogen (secondary N) is 1. The van der Waals surface area contributed by atoms with Crippen molar-refractivity contribution >= 4 is 43.7 Å². The molecule has 0 fully saturated rings. The predicted octanol–water partition coefficient (Wildman–Crippen LogP) is 5.19. The summed E-state index contributed by atoms with van der Waals surface area (Å²) in [4.78, 5) is 9.18. The molecule has 1 atom stereocenters. The Morgan fingerprint density at radius 1 is 1.11 bits per heavy atom. The summed E-state index contributed by atoms with van der Waals surface area (Å²) in [5.41, 5.74) is 11.1. The fourth-order valence-electron chi connectivity index (χ4n) is 4.64. The van der Waals surface area contributed by atoms with Gasteiger partial charge in [-0.2, -0.15) is 5.26 Å². The van der Waals surface area contributed by atoms with Gasteiger partial charge in [0, 0.05) is 22.0 Å². The lowest BCUT2D eigenvalue weighted by Crippen LogP contribution is -2.36. The van der Waals surface area contributed by atoms with Crippen LogP contribution >= 0.6 is 11.8 Å². The van der Waals surface area contributed by atoms with Crippen molar-refractivity contribution in [2.24, 2.45) is 5.73 Å². The number of hydrogen-bond donors (Lipinski definition) is 2. The van der Waals surface area contributed by atoms with Crippen molar-refractivity contribution in [2.45, 2.75) is 36.1 Å². The molecule has 9 heteroatoms. The third-order valence-electron chi connectivity index (χ3n) is 6.51. The number of rotatable bonds is 5. The van der Waals surface area contributed by atoms with Crippen LogP contribution in [0.25, 0.3) is 21.9 Å². The number of nitrogens with two attached hydrogens (primary N) is 1. The van der Waals surface area contributed by atoms with E-state index in [4.69, 9.17) is 10.7 Å². The van der Waals surface area contributed by atoms with Crippen molar-refractivity contribution in [2.75, 3.05) is 6.26 Å². The first-order chi connectivity index (χ1) is 17.1. The highest BCUT2D eigenvalue weighted by Gasteiger charge is 2.34. The molecular weight excluding hydrogens is 490 g/mol. The second-order valence-electron chi connectivity index (χ2n) is 9.09. The van der Waals surface area contributed by atoms with E-state index in [9.17, 15) is 13.7 Å². The molecule has 2 aromatic heterocycles. The van der Waals surface area contributed by atoms with E-state index in [1.54, 1.807) is 60.4 Å². The van der Waals surface area contributed by atoms with Gasteiger partial charge in [0.2, 0.25) is 0 Å². The molecule has 0 aliphatic carbocycles. The summed E-state index contributed by atoms with van der Waals surface area (Å²) < 4.78 is 28.6. The molecule has 36 heavy (non-hydrogen) atoms. The van der Waals surface area contributed by atoms with Gasteiger partial charge < -0.3 is 10.7 Å². The highest BCUT2D eigenvalue weighted by atomic mass is 32.2. The maximum absolute atomic E-state index is 13.6. The largest absolute Gasteiger partial charge is 0.340 e. The molecule has 0 aliphatic heterocycles. The first-order valence-corrected chi connectivity index (χ1v) is 13.9. The molecule has 3 N–H and O–H groups in total. The van der Waals surface area contributed by atoms with Gasteiger partial charge in [0.05, 0.1) is 38.6 Å². The predicted molar refractivity (Wildman–Crippen MR) is 144 cm³/mol. The van der Waals surface area contributed by atoms with Crippen molar-refractivity contribution < 1.29 is 8.42 Å². The molecular formula is C27H25N5O2S2. The third-order valence-corrected chi connectivity index (χ3v) is 8.96. The number of aryl methyl sites for hydroxylation is 2. The van der Waals surface area contributed by atoms with Gasteiger partial charge in [0.15, 0.2) is 0 Å². The first-order valence-electron chi connectivity index (χ1n) is 11.3. The second-order valence-corrected chi connectivity index (χ2v) is 11.8. The van der Waals surface area contributed by atoms with Crippen LogP contribution in [0.15, 0.2) is 70.6 Å². The van der Waals surface area contributed by atoms with Gasteiger partial charge in [0.25, 0.3) is 10.0 Å². The van der Waals surface area contributed by atoms with Crippen LogP contribution in [0.3, 0.4) is 0 Å². The first kappa shape index (κ1) is 24.1. The number of nitriles is 1. The average Bonchev–Trinajstić information content (AvgIpc) is 3.49. The highest BCUT2D eigenvalue weighted by molar-refractivity contribution is 7.98. The lowest BCUT2D eigenvalue weighted by molar-refractivity contribution is 0.562. The molecule has 0 radical (unpaired) electrons. The number of benzene rings is 3. The quantitative estimate of drug-likeness (QED) is 0.311. The molecule has 0 aliphatic rings. The van der Waals surface area contributed by atoms with Crippen molar-refractivity contribution in [1.29, 1.82) is 5.26 Å². The Balaban J connectivity index is 1.75. The standard InChI is InChI=1S/C27H25N5O2S2/c1-16-5-8-19(9-6-16)36(33,34)32-12-11-20-24(23(35-4)13-17(2)25(20)32)27(3,29)26-30-21-10-7-18(15-28)14-22(21)31-26/h5-14H,29H2,1-4H3,(H,30,31). The number of hydrogen-bond acceptors (Lipinski definition) is 6. The molecule has 0 saturated carbocycles. The second kappa shape index (κ2) is 8.52. The van der Waals surface area contributed by atoms with Crippen LogP contribution in [0.4, 0.5) is 0 Å². The Bertz CT molecular complexity index is 1790. The van der Waals surface area contributed by atoms with E-state index in [1.807, 2.05) is 39.2 Å². The maximum atomic E-state index is 13.6. The Kier molecular flexibility index (Phi) is 5.71. The van der Waals surface area contributed by atoms with Gasteiger partial charge in [-0.05, 0) is 75.1 Å². The molecule has 2 heterocycles. The third kappa shape index (κ3) is 3.69. The summed E-state index contributed by atoms with van der Waals surface area (Å²) in [7, 11) is -3.82. The summed E-state index contributed by atoms with van der Waals surface area (Å²) >= 11 is 1.55. The van der Waals surface area contributed by atoms with Gasteiger partial charge in [-0.25, -0.2) is 17.4 Å². The number of thioether (sulfide) groups is 1. The van der Waals surface area contributed by atoms with E-state index in [0.717, 1.165) is 27.0 Å². The molecule has 0 bridgehead atoms. The summed E-state index contributed by atoms with van der Waals surface area (Å²) in [5, 5.41) is 10.0. The summed E-state index contributed by atoms with van der Waals surface area (Å²) in [6, 6.07) is 18.0. The van der Waals surface area contributed by atoms with E-state index in [1.165, 1.54) is 3.97 Å². The van der Waals surface area contributed by atoms with Crippen LogP contribution in [0, 0.1) is 25.2 Å². The van der Waals surface area contributed by atoms with Crippen molar-refractivity contribution in [3.63, 3.8) is 0 Å². The van der Waals surface area contributed by atoms with E-state index >= 15 is 0 Å². The van der Waals surface area contributed by atoms with Crippen LogP contribution in [0.1, 0.15) is 35.0 Å². The molecule has 0 saturated heterocycles. The Hall–Kier alpha value is -3.58.